The molecule has 0 fully saturated rings. The summed E-state index contributed by atoms with van der Waals surface area (Å²) >= 11 is 1.54. The van der Waals surface area contributed by atoms with Gasteiger partial charge >= 0.3 is 0 Å². The summed E-state index contributed by atoms with van der Waals surface area (Å²) < 4.78 is 13.1. The van der Waals surface area contributed by atoms with Crippen LogP contribution >= 0.6 is 11.8 Å². The molecule has 10 heteroatoms. The van der Waals surface area contributed by atoms with Crippen LogP contribution in [-0.4, -0.2) is 45.8 Å². The van der Waals surface area contributed by atoms with Gasteiger partial charge in [-0.2, -0.15) is 0 Å². The van der Waals surface area contributed by atoms with Crippen LogP contribution in [0.25, 0.3) is 11.2 Å². The summed E-state index contributed by atoms with van der Waals surface area (Å²) in [6, 6.07) is 3.97. The van der Waals surface area contributed by atoms with E-state index in [9.17, 15) is 4.79 Å². The summed E-state index contributed by atoms with van der Waals surface area (Å²) in [7, 11) is 1.82. The highest BCUT2D eigenvalue weighted by atomic mass is 32.2. The fourth-order valence-electron chi connectivity index (χ4n) is 3.90. The maximum absolute atomic E-state index is 12.3. The molecule has 2 N–H and O–H groups in total. The van der Waals surface area contributed by atoms with E-state index in [-0.39, 0.29) is 12.7 Å². The van der Waals surface area contributed by atoms with E-state index < -0.39 is 0 Å². The fraction of sp³-hybridized carbons (Fsp3) is 0.500. The molecule has 0 aliphatic carbocycles. The van der Waals surface area contributed by atoms with Crippen molar-refractivity contribution in [1.29, 1.82) is 0 Å². The lowest BCUT2D eigenvalue weighted by Gasteiger charge is -2.11. The third-order valence-corrected chi connectivity index (χ3v) is 6.92. The molecule has 0 saturated carbocycles. The largest absolute Gasteiger partial charge is 0.454 e. The molecule has 2 aromatic heterocycles. The molecular weight excluding hydrogens is 452 g/mol. The second-order valence-corrected chi connectivity index (χ2v) is 9.29. The average Bonchev–Trinajstić information content (AvgIpc) is 3.43. The number of imidazole rings is 1. The lowest BCUT2D eigenvalue weighted by Crippen LogP contribution is -2.27. The quantitative estimate of drug-likeness (QED) is 0.361. The smallest absolute Gasteiger partial charge is 0.231 e. The molecule has 34 heavy (non-hydrogen) atoms. The van der Waals surface area contributed by atoms with E-state index in [0.717, 1.165) is 45.6 Å². The van der Waals surface area contributed by atoms with Gasteiger partial charge in [-0.25, -0.2) is 15.0 Å². The van der Waals surface area contributed by atoms with Gasteiger partial charge in [-0.05, 0) is 31.0 Å². The van der Waals surface area contributed by atoms with Gasteiger partial charge in [0.25, 0.3) is 0 Å². The van der Waals surface area contributed by atoms with Crippen molar-refractivity contribution < 1.29 is 14.3 Å². The van der Waals surface area contributed by atoms with E-state index in [0.29, 0.717) is 30.8 Å². The number of nitrogens with zero attached hydrogens (tertiary/aromatic N) is 4. The number of unbranched alkanes of at least 4 members (excludes halogenated alkanes) is 4. The van der Waals surface area contributed by atoms with Crippen LogP contribution in [0.3, 0.4) is 0 Å². The van der Waals surface area contributed by atoms with E-state index in [4.69, 9.17) is 14.5 Å². The van der Waals surface area contributed by atoms with Crippen LogP contribution in [0.15, 0.2) is 28.5 Å². The fourth-order valence-corrected chi connectivity index (χ4v) is 4.90. The molecule has 182 valence electrons. The molecule has 1 aliphatic rings. The predicted octanol–water partition coefficient (Wildman–Crippen LogP) is 4.53. The van der Waals surface area contributed by atoms with E-state index in [1.165, 1.54) is 25.6 Å². The maximum Gasteiger partial charge on any atom is 0.231 e. The minimum Gasteiger partial charge on any atom is -0.454 e. The Hall–Kier alpha value is -3.01. The van der Waals surface area contributed by atoms with Gasteiger partial charge in [0.05, 0.1) is 0 Å². The molecule has 9 nitrogen and oxygen atoms in total. The minimum absolute atomic E-state index is 0.0901. The molecule has 1 aromatic carbocycles. The summed E-state index contributed by atoms with van der Waals surface area (Å²) in [5.41, 5.74) is 2.51. The molecule has 0 radical (unpaired) electrons. The van der Waals surface area contributed by atoms with Gasteiger partial charge < -0.3 is 24.7 Å². The monoisotopic (exact) mass is 484 g/mol. The molecule has 3 heterocycles. The first-order valence-corrected chi connectivity index (χ1v) is 12.7. The lowest BCUT2D eigenvalue weighted by molar-refractivity contribution is -0.121. The van der Waals surface area contributed by atoms with Crippen molar-refractivity contribution >= 4 is 34.7 Å². The summed E-state index contributed by atoms with van der Waals surface area (Å²) in [4.78, 5) is 26.9. The molecule has 0 unspecified atom stereocenters. The van der Waals surface area contributed by atoms with Crippen LogP contribution in [0.2, 0.25) is 0 Å². The van der Waals surface area contributed by atoms with Gasteiger partial charge in [0.15, 0.2) is 33.6 Å². The summed E-state index contributed by atoms with van der Waals surface area (Å²) in [6.07, 6.45) is 7.76. The third kappa shape index (κ3) is 5.55. The van der Waals surface area contributed by atoms with Crippen LogP contribution in [0, 0.1) is 6.92 Å². The van der Waals surface area contributed by atoms with Crippen molar-refractivity contribution in [2.24, 2.45) is 0 Å². The van der Waals surface area contributed by atoms with Crippen molar-refractivity contribution in [2.75, 3.05) is 25.7 Å². The number of nitrogens with one attached hydrogen (secondary N) is 2. The first-order chi connectivity index (χ1) is 16.6. The Bertz CT molecular complexity index is 1150. The molecule has 1 amide bonds. The third-order valence-electron chi connectivity index (χ3n) is 5.77. The lowest BCUT2D eigenvalue weighted by atomic mass is 10.1. The van der Waals surface area contributed by atoms with Crippen LogP contribution in [0.1, 0.15) is 51.0 Å². The molecule has 3 aromatic rings. The van der Waals surface area contributed by atoms with Gasteiger partial charge in [0, 0.05) is 31.5 Å². The number of benzene rings is 1. The highest BCUT2D eigenvalue weighted by Gasteiger charge is 2.20. The van der Waals surface area contributed by atoms with Gasteiger partial charge in [-0.1, -0.05) is 44.4 Å². The summed E-state index contributed by atoms with van der Waals surface area (Å²) in [6.45, 7) is 5.53. The highest BCUT2D eigenvalue weighted by Crippen LogP contribution is 2.41. The zero-order chi connectivity index (χ0) is 23.9. The average molecular weight is 485 g/mol. The molecule has 0 spiro atoms. The van der Waals surface area contributed by atoms with Crippen molar-refractivity contribution in [3.63, 3.8) is 0 Å². The summed E-state index contributed by atoms with van der Waals surface area (Å²) in [5.74, 6) is 2.25. The summed E-state index contributed by atoms with van der Waals surface area (Å²) in [5, 5.41) is 6.92. The maximum atomic E-state index is 12.3. The second-order valence-electron chi connectivity index (χ2n) is 8.28. The number of fused-ring (bicyclic) bond motifs is 2. The number of hydrogen-bond acceptors (Lipinski definition) is 8. The number of ether oxygens (including phenoxy) is 2. The Morgan fingerprint density at radius 2 is 1.94 bits per heavy atom. The molecule has 0 bridgehead atoms. The van der Waals surface area contributed by atoms with E-state index in [1.54, 1.807) is 11.8 Å². The Balaban J connectivity index is 1.49. The number of carbonyl (C=O) groups excluding carboxylic acids is 1. The van der Waals surface area contributed by atoms with Crippen LogP contribution in [-0.2, 0) is 11.3 Å². The van der Waals surface area contributed by atoms with Gasteiger partial charge in [-0.15, -0.1) is 0 Å². The van der Waals surface area contributed by atoms with Gasteiger partial charge in [-0.3, -0.25) is 4.79 Å². The van der Waals surface area contributed by atoms with Crippen molar-refractivity contribution in [3.8, 4) is 11.5 Å². The Morgan fingerprint density at radius 1 is 1.15 bits per heavy atom. The SMILES string of the molecule is CCCCCCCC(=O)NCCn1c(Sc2cc3c(cc2C)OCO3)nc2c(NC)ncnc21. The predicted molar refractivity (Wildman–Crippen MR) is 133 cm³/mol. The molecule has 0 saturated heterocycles. The van der Waals surface area contributed by atoms with E-state index >= 15 is 0 Å². The Labute approximate surface area is 204 Å². The molecule has 4 rings (SSSR count). The molecular formula is C24H32N6O3S. The minimum atomic E-state index is 0.0901. The Kier molecular flexibility index (Phi) is 8.10. The number of hydrogen-bond donors (Lipinski definition) is 2. The number of rotatable bonds is 12. The number of amides is 1. The van der Waals surface area contributed by atoms with Crippen molar-refractivity contribution in [1.82, 2.24) is 24.8 Å². The van der Waals surface area contributed by atoms with Gasteiger partial charge in [0.2, 0.25) is 12.7 Å². The van der Waals surface area contributed by atoms with Crippen molar-refractivity contribution in [3.05, 3.63) is 24.0 Å². The highest BCUT2D eigenvalue weighted by molar-refractivity contribution is 7.99. The van der Waals surface area contributed by atoms with E-state index in [2.05, 4.69) is 27.5 Å². The topological polar surface area (TPSA) is 103 Å². The van der Waals surface area contributed by atoms with Gasteiger partial charge in [0.1, 0.15) is 6.33 Å². The molecule has 1 aliphatic heterocycles. The first-order valence-electron chi connectivity index (χ1n) is 11.8. The van der Waals surface area contributed by atoms with Crippen molar-refractivity contribution in [2.45, 2.75) is 69.0 Å². The standard InChI is InChI=1S/C24H32N6O3S/c1-4-5-6-7-8-9-20(31)26-10-11-30-23-21(22(25-3)27-14-28-23)29-24(30)34-19-13-18-17(12-16(19)2)32-15-33-18/h12-14H,4-11,15H2,1-3H3,(H,26,31)(H,25,27,28). The number of carbonyl (C=O) groups is 1. The molecule has 0 atom stereocenters. The van der Waals surface area contributed by atoms with Crippen LogP contribution in [0.5, 0.6) is 11.5 Å². The number of aryl methyl sites for hydroxylation is 1. The van der Waals surface area contributed by atoms with E-state index in [1.807, 2.05) is 30.7 Å². The Morgan fingerprint density at radius 3 is 2.74 bits per heavy atom. The number of aromatic nitrogens is 4. The normalized spacial score (nSPS) is 12.3. The zero-order valence-corrected chi connectivity index (χ0v) is 20.8. The van der Waals surface area contributed by atoms with Crippen LogP contribution < -0.4 is 20.1 Å². The number of anilines is 1. The zero-order valence-electron chi connectivity index (χ0n) is 20.0. The van der Waals surface area contributed by atoms with Crippen LogP contribution in [0.4, 0.5) is 5.82 Å². The second kappa shape index (κ2) is 11.4. The first kappa shape index (κ1) is 24.1.